The molecule has 14 heavy (non-hydrogen) atoms. The fourth-order valence-corrected chi connectivity index (χ4v) is 2.44. The predicted octanol–water partition coefficient (Wildman–Crippen LogP) is 2.98. The van der Waals surface area contributed by atoms with Gasteiger partial charge in [0.25, 0.3) is 0 Å². The highest BCUT2D eigenvalue weighted by Gasteiger charge is 2.11. The quantitative estimate of drug-likeness (QED) is 0.767. The summed E-state index contributed by atoms with van der Waals surface area (Å²) >= 11 is 1.57. The van der Waals surface area contributed by atoms with Gasteiger partial charge in [-0.1, -0.05) is 6.92 Å². The lowest BCUT2D eigenvalue weighted by molar-refractivity contribution is 0.112. The van der Waals surface area contributed by atoms with Crippen LogP contribution in [0, 0.1) is 0 Å². The van der Waals surface area contributed by atoms with Crippen molar-refractivity contribution in [3.8, 4) is 5.75 Å². The first-order valence-electron chi connectivity index (χ1n) is 4.45. The van der Waals surface area contributed by atoms with Crippen molar-refractivity contribution in [3.05, 3.63) is 28.6 Å². The largest absolute Gasteiger partial charge is 0.507 e. The smallest absolute Gasteiger partial charge is 0.154 e. The Labute approximate surface area is 85.8 Å². The molecule has 0 radical (unpaired) electrons. The number of carbonyl (C=O) groups is 1. The van der Waals surface area contributed by atoms with Crippen LogP contribution in [0.5, 0.6) is 5.75 Å². The van der Waals surface area contributed by atoms with E-state index in [1.807, 2.05) is 24.4 Å². The standard InChI is InChI=1S/C11H10O2S/c1-2-7-5-10-8(3-4-14-10)11(13)9(7)6-12/h3-6,13H,2H2,1H3. The van der Waals surface area contributed by atoms with Crippen LogP contribution < -0.4 is 0 Å². The van der Waals surface area contributed by atoms with E-state index in [1.165, 1.54) is 0 Å². The van der Waals surface area contributed by atoms with Gasteiger partial charge in [0.2, 0.25) is 0 Å². The Morgan fingerprint density at radius 3 is 3.00 bits per heavy atom. The molecule has 1 N–H and O–H groups in total. The average molecular weight is 206 g/mol. The summed E-state index contributed by atoms with van der Waals surface area (Å²) in [5, 5.41) is 12.5. The lowest BCUT2D eigenvalue weighted by atomic mass is 10.0. The number of hydrogen-bond acceptors (Lipinski definition) is 3. The predicted molar refractivity (Wildman–Crippen MR) is 58.3 cm³/mol. The van der Waals surface area contributed by atoms with Crippen LogP contribution in [-0.2, 0) is 6.42 Å². The van der Waals surface area contributed by atoms with Crippen LogP contribution in [0.25, 0.3) is 10.1 Å². The van der Waals surface area contributed by atoms with Gasteiger partial charge in [0.15, 0.2) is 6.29 Å². The maximum Gasteiger partial charge on any atom is 0.154 e. The second-order valence-corrected chi connectivity index (χ2v) is 4.05. The van der Waals surface area contributed by atoms with Gasteiger partial charge in [-0.15, -0.1) is 11.3 Å². The van der Waals surface area contributed by atoms with Gasteiger partial charge in [0.1, 0.15) is 5.75 Å². The van der Waals surface area contributed by atoms with Crippen molar-refractivity contribution in [3.63, 3.8) is 0 Å². The van der Waals surface area contributed by atoms with E-state index in [0.717, 1.165) is 28.4 Å². The minimum absolute atomic E-state index is 0.121. The summed E-state index contributed by atoms with van der Waals surface area (Å²) < 4.78 is 1.03. The minimum atomic E-state index is 0.121. The monoisotopic (exact) mass is 206 g/mol. The Morgan fingerprint density at radius 1 is 1.57 bits per heavy atom. The molecule has 0 aliphatic carbocycles. The molecule has 1 heterocycles. The number of thiophene rings is 1. The molecular weight excluding hydrogens is 196 g/mol. The summed E-state index contributed by atoms with van der Waals surface area (Å²) in [4.78, 5) is 10.8. The number of phenolic OH excluding ortho intramolecular Hbond substituents is 1. The van der Waals surface area contributed by atoms with Crippen LogP contribution in [0.2, 0.25) is 0 Å². The third-order valence-corrected chi connectivity index (χ3v) is 3.22. The molecule has 0 fully saturated rings. The molecule has 0 unspecified atom stereocenters. The summed E-state index contributed by atoms with van der Waals surface area (Å²) in [6.07, 6.45) is 1.49. The SMILES string of the molecule is CCc1cc2sccc2c(O)c1C=O. The molecular formula is C11H10O2S. The number of hydrogen-bond donors (Lipinski definition) is 1. The Bertz CT molecular complexity index is 485. The summed E-state index contributed by atoms with van der Waals surface area (Å²) in [6, 6.07) is 3.81. The van der Waals surface area contributed by atoms with Crippen molar-refractivity contribution in [2.24, 2.45) is 0 Å². The second kappa shape index (κ2) is 3.42. The van der Waals surface area contributed by atoms with Gasteiger partial charge in [-0.25, -0.2) is 0 Å². The van der Waals surface area contributed by atoms with E-state index >= 15 is 0 Å². The maximum atomic E-state index is 10.8. The molecule has 3 heteroatoms. The number of aryl methyl sites for hydroxylation is 1. The Morgan fingerprint density at radius 2 is 2.36 bits per heavy atom. The third kappa shape index (κ3) is 1.21. The number of aldehydes is 1. The topological polar surface area (TPSA) is 37.3 Å². The van der Waals surface area contributed by atoms with Crippen LogP contribution in [0.15, 0.2) is 17.5 Å². The Kier molecular flexibility index (Phi) is 2.25. The molecule has 0 atom stereocenters. The Hall–Kier alpha value is -1.35. The molecule has 2 rings (SSSR count). The van der Waals surface area contributed by atoms with Crippen molar-refractivity contribution in [2.75, 3.05) is 0 Å². The molecule has 1 aromatic heterocycles. The molecule has 0 saturated carbocycles. The highest BCUT2D eigenvalue weighted by molar-refractivity contribution is 7.17. The first kappa shape index (κ1) is 9.21. The van der Waals surface area contributed by atoms with Crippen LogP contribution in [0.4, 0.5) is 0 Å². The fourth-order valence-electron chi connectivity index (χ4n) is 1.59. The molecule has 1 aromatic carbocycles. The van der Waals surface area contributed by atoms with Crippen molar-refractivity contribution >= 4 is 27.7 Å². The van der Waals surface area contributed by atoms with E-state index in [4.69, 9.17) is 0 Å². The van der Waals surface area contributed by atoms with Gasteiger partial charge in [0, 0.05) is 10.1 Å². The summed E-state index contributed by atoms with van der Waals surface area (Å²) in [6.45, 7) is 1.97. The van der Waals surface area contributed by atoms with E-state index in [-0.39, 0.29) is 5.75 Å². The van der Waals surface area contributed by atoms with Gasteiger partial charge in [-0.3, -0.25) is 4.79 Å². The molecule has 0 amide bonds. The zero-order valence-electron chi connectivity index (χ0n) is 7.78. The summed E-state index contributed by atoms with van der Waals surface area (Å²) in [5.41, 5.74) is 1.34. The van der Waals surface area contributed by atoms with E-state index in [9.17, 15) is 9.90 Å². The highest BCUT2D eigenvalue weighted by atomic mass is 32.1. The van der Waals surface area contributed by atoms with Gasteiger partial charge in [0.05, 0.1) is 5.56 Å². The van der Waals surface area contributed by atoms with Gasteiger partial charge in [-0.05, 0) is 29.5 Å². The molecule has 0 spiro atoms. The highest BCUT2D eigenvalue weighted by Crippen LogP contribution is 2.34. The van der Waals surface area contributed by atoms with Gasteiger partial charge >= 0.3 is 0 Å². The summed E-state index contributed by atoms with van der Waals surface area (Å²) in [5.74, 6) is 0.121. The van der Waals surface area contributed by atoms with E-state index < -0.39 is 0 Å². The van der Waals surface area contributed by atoms with Gasteiger partial charge < -0.3 is 5.11 Å². The lowest BCUT2D eigenvalue weighted by Gasteiger charge is -2.05. The van der Waals surface area contributed by atoms with E-state index in [2.05, 4.69) is 0 Å². The molecule has 72 valence electrons. The number of phenols is 1. The van der Waals surface area contributed by atoms with E-state index in [1.54, 1.807) is 11.3 Å². The van der Waals surface area contributed by atoms with Crippen LogP contribution in [0.1, 0.15) is 22.8 Å². The summed E-state index contributed by atoms with van der Waals surface area (Å²) in [7, 11) is 0. The molecule has 0 saturated heterocycles. The van der Waals surface area contributed by atoms with Crippen LogP contribution in [-0.4, -0.2) is 11.4 Å². The minimum Gasteiger partial charge on any atom is -0.507 e. The molecule has 2 nitrogen and oxygen atoms in total. The molecule has 0 aliphatic heterocycles. The van der Waals surface area contributed by atoms with Crippen molar-refractivity contribution in [1.29, 1.82) is 0 Å². The fraction of sp³-hybridized carbons (Fsp3) is 0.182. The average Bonchev–Trinajstić information content (AvgIpc) is 2.65. The van der Waals surface area contributed by atoms with Crippen molar-refractivity contribution in [1.82, 2.24) is 0 Å². The normalized spacial score (nSPS) is 10.6. The van der Waals surface area contributed by atoms with Crippen molar-refractivity contribution in [2.45, 2.75) is 13.3 Å². The third-order valence-electron chi connectivity index (χ3n) is 2.36. The van der Waals surface area contributed by atoms with E-state index in [0.29, 0.717) is 5.56 Å². The lowest BCUT2D eigenvalue weighted by Crippen LogP contribution is -1.91. The Balaban J connectivity index is 2.85. The maximum absolute atomic E-state index is 10.8. The van der Waals surface area contributed by atoms with Gasteiger partial charge in [-0.2, -0.15) is 0 Å². The number of rotatable bonds is 2. The van der Waals surface area contributed by atoms with Crippen molar-refractivity contribution < 1.29 is 9.90 Å². The number of carbonyl (C=O) groups excluding carboxylic acids is 1. The molecule has 0 aliphatic rings. The second-order valence-electron chi connectivity index (χ2n) is 3.10. The number of fused-ring (bicyclic) bond motifs is 1. The van der Waals surface area contributed by atoms with Crippen LogP contribution >= 0.6 is 11.3 Å². The number of aromatic hydroxyl groups is 1. The van der Waals surface area contributed by atoms with Crippen LogP contribution in [0.3, 0.4) is 0 Å². The zero-order valence-corrected chi connectivity index (χ0v) is 8.60. The molecule has 0 bridgehead atoms. The molecule has 2 aromatic rings. The first-order valence-corrected chi connectivity index (χ1v) is 5.33. The number of benzene rings is 1. The first-order chi connectivity index (χ1) is 6.77. The zero-order chi connectivity index (χ0) is 10.1.